The summed E-state index contributed by atoms with van der Waals surface area (Å²) < 4.78 is 1.97. The number of nitrogens with one attached hydrogen (secondary N) is 2. The van der Waals surface area contributed by atoms with Crippen LogP contribution in [0.15, 0.2) is 17.4 Å². The zero-order valence-electron chi connectivity index (χ0n) is 15.0. The lowest BCUT2D eigenvalue weighted by atomic mass is 9.84. The van der Waals surface area contributed by atoms with Gasteiger partial charge in [-0.3, -0.25) is 9.79 Å². The Labute approximate surface area is 161 Å². The molecule has 0 unspecified atom stereocenters. The number of halogens is 1. The molecule has 0 aromatic carbocycles. The highest BCUT2D eigenvalue weighted by atomic mass is 127. The van der Waals surface area contributed by atoms with Crippen LogP contribution in [0.3, 0.4) is 0 Å². The first-order chi connectivity index (χ1) is 11.0. The number of hydrogen-bond donors (Lipinski definition) is 2. The van der Waals surface area contributed by atoms with Gasteiger partial charge in [-0.1, -0.05) is 12.8 Å². The SMILES string of the molecule is CN=C(NCc1nccn1C)NCC1(C(=O)N(C)C)CCCC1.I. The molecule has 1 aromatic rings. The Kier molecular flexibility index (Phi) is 7.98. The van der Waals surface area contributed by atoms with Crippen molar-refractivity contribution in [1.82, 2.24) is 25.1 Å². The summed E-state index contributed by atoms with van der Waals surface area (Å²) in [5.74, 6) is 1.85. The molecule has 0 aliphatic heterocycles. The third-order valence-corrected chi connectivity index (χ3v) is 4.57. The van der Waals surface area contributed by atoms with Crippen molar-refractivity contribution >= 4 is 35.8 Å². The minimum Gasteiger partial charge on any atom is -0.355 e. The summed E-state index contributed by atoms with van der Waals surface area (Å²) in [6.07, 6.45) is 7.79. The molecule has 1 aliphatic rings. The third kappa shape index (κ3) is 4.84. The molecule has 136 valence electrons. The number of aryl methyl sites for hydroxylation is 1. The predicted molar refractivity (Wildman–Crippen MR) is 106 cm³/mol. The first-order valence-electron chi connectivity index (χ1n) is 8.11. The summed E-state index contributed by atoms with van der Waals surface area (Å²) in [6.45, 7) is 1.21. The summed E-state index contributed by atoms with van der Waals surface area (Å²) in [5.41, 5.74) is -0.301. The number of aliphatic imine (C=N–C) groups is 1. The second-order valence-electron chi connectivity index (χ2n) is 6.42. The van der Waals surface area contributed by atoms with Gasteiger partial charge in [0.25, 0.3) is 0 Å². The predicted octanol–water partition coefficient (Wildman–Crippen LogP) is 1.35. The van der Waals surface area contributed by atoms with Crippen LogP contribution in [0.4, 0.5) is 0 Å². The normalized spacial score (nSPS) is 16.4. The topological polar surface area (TPSA) is 74.5 Å². The van der Waals surface area contributed by atoms with E-state index in [1.165, 1.54) is 0 Å². The molecule has 1 aromatic heterocycles. The number of guanidine groups is 1. The fourth-order valence-corrected chi connectivity index (χ4v) is 3.20. The first-order valence-corrected chi connectivity index (χ1v) is 8.11. The number of aromatic nitrogens is 2. The maximum Gasteiger partial charge on any atom is 0.230 e. The van der Waals surface area contributed by atoms with Gasteiger partial charge in [0, 0.05) is 47.1 Å². The van der Waals surface area contributed by atoms with Crippen molar-refractivity contribution in [2.24, 2.45) is 17.5 Å². The van der Waals surface area contributed by atoms with Gasteiger partial charge in [0.05, 0.1) is 12.0 Å². The lowest BCUT2D eigenvalue weighted by molar-refractivity contribution is -0.138. The van der Waals surface area contributed by atoms with Crippen molar-refractivity contribution in [3.63, 3.8) is 0 Å². The Morgan fingerprint density at radius 3 is 2.54 bits per heavy atom. The summed E-state index contributed by atoms with van der Waals surface area (Å²) in [6, 6.07) is 0. The fraction of sp³-hybridized carbons (Fsp3) is 0.688. The highest BCUT2D eigenvalue weighted by Crippen LogP contribution is 2.38. The van der Waals surface area contributed by atoms with Gasteiger partial charge in [0.1, 0.15) is 5.82 Å². The number of hydrogen-bond acceptors (Lipinski definition) is 3. The van der Waals surface area contributed by atoms with E-state index in [1.807, 2.05) is 31.9 Å². The average Bonchev–Trinajstić information content (AvgIpc) is 3.17. The second kappa shape index (κ2) is 9.24. The molecule has 1 amide bonds. The van der Waals surface area contributed by atoms with Crippen LogP contribution in [0.25, 0.3) is 0 Å². The average molecular weight is 448 g/mol. The first kappa shape index (κ1) is 20.7. The van der Waals surface area contributed by atoms with E-state index in [-0.39, 0.29) is 35.3 Å². The van der Waals surface area contributed by atoms with Gasteiger partial charge in [-0.15, -0.1) is 24.0 Å². The molecule has 1 fully saturated rings. The van der Waals surface area contributed by atoms with Crippen LogP contribution in [0, 0.1) is 5.41 Å². The molecular weight excluding hydrogens is 419 g/mol. The van der Waals surface area contributed by atoms with Crippen LogP contribution < -0.4 is 10.6 Å². The van der Waals surface area contributed by atoms with Crippen LogP contribution in [-0.4, -0.2) is 54.0 Å². The Bertz CT molecular complexity index is 563. The van der Waals surface area contributed by atoms with Gasteiger partial charge in [0.2, 0.25) is 5.91 Å². The van der Waals surface area contributed by atoms with Crippen molar-refractivity contribution in [1.29, 1.82) is 0 Å². The molecule has 7 nitrogen and oxygen atoms in total. The fourth-order valence-electron chi connectivity index (χ4n) is 3.20. The molecule has 1 aliphatic carbocycles. The molecule has 0 atom stereocenters. The lowest BCUT2D eigenvalue weighted by Gasteiger charge is -2.31. The Morgan fingerprint density at radius 2 is 2.04 bits per heavy atom. The Hall–Kier alpha value is -1.32. The van der Waals surface area contributed by atoms with Crippen molar-refractivity contribution in [3.8, 4) is 0 Å². The largest absolute Gasteiger partial charge is 0.355 e. The van der Waals surface area contributed by atoms with Crippen molar-refractivity contribution in [2.45, 2.75) is 32.2 Å². The van der Waals surface area contributed by atoms with E-state index < -0.39 is 0 Å². The zero-order valence-corrected chi connectivity index (χ0v) is 17.3. The molecule has 2 N–H and O–H groups in total. The smallest absolute Gasteiger partial charge is 0.230 e. The molecule has 24 heavy (non-hydrogen) atoms. The standard InChI is InChI=1S/C16H28N6O.HI/c1-17-15(19-11-13-18-9-10-22(13)4)20-12-16(7-5-6-8-16)14(23)21(2)3;/h9-10H,5-8,11-12H2,1-4H3,(H2,17,19,20);1H. The van der Waals surface area contributed by atoms with E-state index in [0.29, 0.717) is 19.0 Å². The number of carbonyl (C=O) groups excluding carboxylic acids is 1. The summed E-state index contributed by atoms with van der Waals surface area (Å²) in [7, 11) is 7.36. The number of rotatable bonds is 5. The second-order valence-corrected chi connectivity index (χ2v) is 6.42. The van der Waals surface area contributed by atoms with E-state index in [4.69, 9.17) is 0 Å². The maximum atomic E-state index is 12.6. The van der Waals surface area contributed by atoms with Crippen LogP contribution in [-0.2, 0) is 18.4 Å². The van der Waals surface area contributed by atoms with Crippen LogP contribution in [0.2, 0.25) is 0 Å². The van der Waals surface area contributed by atoms with Crippen LogP contribution in [0.5, 0.6) is 0 Å². The Balaban J connectivity index is 0.00000288. The molecule has 8 heteroatoms. The van der Waals surface area contributed by atoms with E-state index in [1.54, 1.807) is 18.1 Å². The molecule has 1 saturated carbocycles. The number of nitrogens with zero attached hydrogens (tertiary/aromatic N) is 4. The van der Waals surface area contributed by atoms with Gasteiger partial charge >= 0.3 is 0 Å². The van der Waals surface area contributed by atoms with E-state index in [2.05, 4.69) is 20.6 Å². The molecule has 0 spiro atoms. The third-order valence-electron chi connectivity index (χ3n) is 4.57. The summed E-state index contributed by atoms with van der Waals surface area (Å²) >= 11 is 0. The minimum atomic E-state index is -0.301. The van der Waals surface area contributed by atoms with Crippen LogP contribution >= 0.6 is 24.0 Å². The number of carbonyl (C=O) groups is 1. The van der Waals surface area contributed by atoms with Gasteiger partial charge < -0.3 is 20.1 Å². The van der Waals surface area contributed by atoms with Crippen molar-refractivity contribution in [2.75, 3.05) is 27.7 Å². The van der Waals surface area contributed by atoms with Crippen molar-refractivity contribution < 1.29 is 4.79 Å². The van der Waals surface area contributed by atoms with Gasteiger partial charge in [-0.05, 0) is 12.8 Å². The monoisotopic (exact) mass is 448 g/mol. The van der Waals surface area contributed by atoms with E-state index >= 15 is 0 Å². The quantitative estimate of drug-likeness (QED) is 0.405. The van der Waals surface area contributed by atoms with Crippen molar-refractivity contribution in [3.05, 3.63) is 18.2 Å². The maximum absolute atomic E-state index is 12.6. The van der Waals surface area contributed by atoms with Gasteiger partial charge in [-0.2, -0.15) is 0 Å². The zero-order chi connectivity index (χ0) is 16.9. The van der Waals surface area contributed by atoms with E-state index in [9.17, 15) is 4.79 Å². The molecule has 2 rings (SSSR count). The molecular formula is C16H29IN6O. The summed E-state index contributed by atoms with van der Waals surface area (Å²) in [4.78, 5) is 22.8. The van der Waals surface area contributed by atoms with Gasteiger partial charge in [-0.25, -0.2) is 4.98 Å². The molecule has 0 radical (unpaired) electrons. The lowest BCUT2D eigenvalue weighted by Crippen LogP contribution is -2.49. The van der Waals surface area contributed by atoms with E-state index in [0.717, 1.165) is 31.5 Å². The Morgan fingerprint density at radius 1 is 1.38 bits per heavy atom. The highest BCUT2D eigenvalue weighted by molar-refractivity contribution is 14.0. The molecule has 0 saturated heterocycles. The molecule has 0 bridgehead atoms. The summed E-state index contributed by atoms with van der Waals surface area (Å²) in [5, 5.41) is 6.58. The molecule has 1 heterocycles. The number of imidazole rings is 1. The minimum absolute atomic E-state index is 0. The van der Waals surface area contributed by atoms with Crippen LogP contribution in [0.1, 0.15) is 31.5 Å². The highest BCUT2D eigenvalue weighted by Gasteiger charge is 2.42. The number of amides is 1. The van der Waals surface area contributed by atoms with Gasteiger partial charge in [0.15, 0.2) is 5.96 Å².